The van der Waals surface area contributed by atoms with Gasteiger partial charge < -0.3 is 19.5 Å². The number of ether oxygens (including phenoxy) is 3. The SMILES string of the molecule is CC(C)(C)OC(=O)NCCc1ccc(OCC/C=C/c2ccc(NC(=O)O[C@H]3CN4CCC3CC4)c(-c3ccccc3)c2)cc1. The second-order valence-electron chi connectivity index (χ2n) is 12.7. The number of nitrogens with zero attached hydrogens (tertiary/aromatic N) is 1. The number of carbonyl (C=O) groups excluding carboxylic acids is 2. The van der Waals surface area contributed by atoms with Crippen molar-refractivity contribution >= 4 is 23.9 Å². The molecule has 0 radical (unpaired) electrons. The van der Waals surface area contributed by atoms with Gasteiger partial charge >= 0.3 is 12.2 Å². The lowest BCUT2D eigenvalue weighted by molar-refractivity contribution is -0.0289. The Bertz CT molecular complexity index is 1440. The molecule has 2 bridgehead atoms. The van der Waals surface area contributed by atoms with Gasteiger partial charge in [0.05, 0.1) is 12.3 Å². The average molecular weight is 612 g/mol. The smallest absolute Gasteiger partial charge is 0.411 e. The van der Waals surface area contributed by atoms with Gasteiger partial charge in [-0.25, -0.2) is 9.59 Å². The van der Waals surface area contributed by atoms with Gasteiger partial charge in [-0.15, -0.1) is 0 Å². The second-order valence-corrected chi connectivity index (χ2v) is 12.7. The third kappa shape index (κ3) is 9.85. The highest BCUT2D eigenvalue weighted by Crippen LogP contribution is 2.32. The van der Waals surface area contributed by atoms with Gasteiger partial charge in [-0.2, -0.15) is 0 Å². The Labute approximate surface area is 266 Å². The molecule has 6 rings (SSSR count). The van der Waals surface area contributed by atoms with E-state index in [1.54, 1.807) is 0 Å². The van der Waals surface area contributed by atoms with E-state index in [1.807, 2.05) is 87.5 Å². The van der Waals surface area contributed by atoms with Crippen molar-refractivity contribution in [1.82, 2.24) is 10.2 Å². The van der Waals surface area contributed by atoms with Gasteiger partial charge in [-0.05, 0) is 106 Å². The first-order valence-corrected chi connectivity index (χ1v) is 16.0. The fourth-order valence-corrected chi connectivity index (χ4v) is 5.79. The van der Waals surface area contributed by atoms with E-state index in [1.165, 1.54) is 0 Å². The van der Waals surface area contributed by atoms with Gasteiger partial charge in [0.25, 0.3) is 0 Å². The normalized spacial score (nSPS) is 19.2. The highest BCUT2D eigenvalue weighted by atomic mass is 16.6. The Balaban J connectivity index is 1.10. The topological polar surface area (TPSA) is 89.1 Å². The average Bonchev–Trinajstić information content (AvgIpc) is 3.02. The number of carbonyl (C=O) groups is 2. The molecule has 0 aromatic heterocycles. The van der Waals surface area contributed by atoms with Crippen LogP contribution >= 0.6 is 0 Å². The van der Waals surface area contributed by atoms with Crippen LogP contribution in [0.25, 0.3) is 17.2 Å². The van der Waals surface area contributed by atoms with Crippen LogP contribution in [0.5, 0.6) is 5.75 Å². The number of benzene rings is 3. The zero-order valence-electron chi connectivity index (χ0n) is 26.6. The summed E-state index contributed by atoms with van der Waals surface area (Å²) in [5.74, 6) is 1.27. The maximum Gasteiger partial charge on any atom is 0.411 e. The monoisotopic (exact) mass is 611 g/mol. The van der Waals surface area contributed by atoms with Crippen molar-refractivity contribution in [3.05, 3.63) is 90.0 Å². The van der Waals surface area contributed by atoms with Crippen LogP contribution in [0.15, 0.2) is 78.9 Å². The Hall–Kier alpha value is -4.30. The summed E-state index contributed by atoms with van der Waals surface area (Å²) in [4.78, 5) is 27.1. The molecule has 2 amide bonds. The van der Waals surface area contributed by atoms with E-state index in [0.717, 1.165) is 72.6 Å². The maximum atomic E-state index is 12.9. The Kier molecular flexibility index (Phi) is 10.8. The zero-order valence-corrected chi connectivity index (χ0v) is 26.6. The van der Waals surface area contributed by atoms with Gasteiger partial charge in [0, 0.05) is 18.7 Å². The number of alkyl carbamates (subject to hydrolysis) is 1. The number of anilines is 1. The number of rotatable bonds is 11. The molecular weight excluding hydrogens is 566 g/mol. The van der Waals surface area contributed by atoms with Crippen molar-refractivity contribution < 1.29 is 23.8 Å². The molecule has 3 aliphatic rings. The number of hydrogen-bond donors (Lipinski definition) is 2. The third-order valence-corrected chi connectivity index (χ3v) is 8.09. The van der Waals surface area contributed by atoms with Crippen molar-refractivity contribution in [1.29, 1.82) is 0 Å². The van der Waals surface area contributed by atoms with E-state index in [-0.39, 0.29) is 6.10 Å². The van der Waals surface area contributed by atoms with E-state index in [4.69, 9.17) is 14.2 Å². The van der Waals surface area contributed by atoms with Crippen molar-refractivity contribution in [2.75, 3.05) is 38.1 Å². The largest absolute Gasteiger partial charge is 0.493 e. The van der Waals surface area contributed by atoms with Gasteiger partial charge in [-0.1, -0.05) is 60.7 Å². The summed E-state index contributed by atoms with van der Waals surface area (Å²) in [6.07, 6.45) is 6.99. The van der Waals surface area contributed by atoms with Crippen LogP contribution in [0.2, 0.25) is 0 Å². The molecule has 8 heteroatoms. The molecule has 0 aliphatic carbocycles. The molecule has 2 N–H and O–H groups in total. The minimum atomic E-state index is -0.505. The molecule has 3 aliphatic heterocycles. The van der Waals surface area contributed by atoms with Crippen molar-refractivity contribution in [3.63, 3.8) is 0 Å². The first-order valence-electron chi connectivity index (χ1n) is 16.0. The molecule has 3 fully saturated rings. The van der Waals surface area contributed by atoms with Crippen molar-refractivity contribution in [2.45, 2.75) is 58.2 Å². The van der Waals surface area contributed by atoms with Crippen LogP contribution < -0.4 is 15.4 Å². The van der Waals surface area contributed by atoms with Crippen molar-refractivity contribution in [3.8, 4) is 16.9 Å². The van der Waals surface area contributed by atoms with Crippen LogP contribution in [0.1, 0.15) is 51.2 Å². The molecule has 3 aromatic carbocycles. The van der Waals surface area contributed by atoms with E-state index in [9.17, 15) is 9.59 Å². The molecule has 1 atom stereocenters. The van der Waals surface area contributed by atoms with Gasteiger partial charge in [0.1, 0.15) is 17.5 Å². The quantitative estimate of drug-likeness (QED) is 0.218. The summed E-state index contributed by atoms with van der Waals surface area (Å²) in [7, 11) is 0. The molecule has 3 heterocycles. The first-order chi connectivity index (χ1) is 21.7. The third-order valence-electron chi connectivity index (χ3n) is 8.09. The summed E-state index contributed by atoms with van der Waals surface area (Å²) in [5, 5.41) is 5.80. The minimum Gasteiger partial charge on any atom is -0.493 e. The summed E-state index contributed by atoms with van der Waals surface area (Å²) < 4.78 is 17.1. The summed E-state index contributed by atoms with van der Waals surface area (Å²) >= 11 is 0. The number of fused-ring (bicyclic) bond motifs is 3. The summed E-state index contributed by atoms with van der Waals surface area (Å²) in [5.41, 5.74) is 4.35. The number of piperidine rings is 3. The highest BCUT2D eigenvalue weighted by molar-refractivity contribution is 5.92. The Morgan fingerprint density at radius 2 is 1.71 bits per heavy atom. The van der Waals surface area contributed by atoms with Crippen LogP contribution in [0.4, 0.5) is 15.3 Å². The van der Waals surface area contributed by atoms with Crippen LogP contribution in [0.3, 0.4) is 0 Å². The number of amides is 2. The van der Waals surface area contributed by atoms with Crippen LogP contribution in [0, 0.1) is 5.92 Å². The van der Waals surface area contributed by atoms with Crippen LogP contribution in [-0.4, -0.2) is 61.6 Å². The fourth-order valence-electron chi connectivity index (χ4n) is 5.79. The van der Waals surface area contributed by atoms with E-state index < -0.39 is 17.8 Å². The predicted molar refractivity (Wildman–Crippen MR) is 178 cm³/mol. The Morgan fingerprint density at radius 1 is 0.956 bits per heavy atom. The standard InChI is InChI=1S/C37H45N3O5/c1-37(2,3)45-35(41)38-21-18-27-12-15-31(16-13-27)43-24-8-7-9-28-14-17-33(32(25-28)29-10-5-4-6-11-29)39-36(42)44-34-26-40-22-19-30(34)20-23-40/h4-7,9-17,25,30,34H,8,18-24,26H2,1-3H3,(H,38,41)(H,39,42)/b9-7+/t34-/m0/s1. The van der Waals surface area contributed by atoms with E-state index in [0.29, 0.717) is 25.5 Å². The zero-order chi connectivity index (χ0) is 31.6. The second kappa shape index (κ2) is 15.1. The molecule has 8 nitrogen and oxygen atoms in total. The maximum absolute atomic E-state index is 12.9. The summed E-state index contributed by atoms with van der Waals surface area (Å²) in [6.45, 7) is 9.64. The minimum absolute atomic E-state index is 0.0387. The number of nitrogens with one attached hydrogen (secondary N) is 2. The molecule has 45 heavy (non-hydrogen) atoms. The van der Waals surface area contributed by atoms with Gasteiger partial charge in [-0.3, -0.25) is 10.2 Å². The van der Waals surface area contributed by atoms with Gasteiger partial charge in [0.2, 0.25) is 0 Å². The molecule has 3 aromatic rings. The van der Waals surface area contributed by atoms with Crippen LogP contribution in [-0.2, 0) is 15.9 Å². The number of hydrogen-bond acceptors (Lipinski definition) is 6. The van der Waals surface area contributed by atoms with Gasteiger partial charge in [0.15, 0.2) is 0 Å². The highest BCUT2D eigenvalue weighted by Gasteiger charge is 2.36. The lowest BCUT2D eigenvalue weighted by Gasteiger charge is -2.43. The first kappa shape index (κ1) is 32.1. The van der Waals surface area contributed by atoms with Crippen molar-refractivity contribution in [2.24, 2.45) is 5.92 Å². The lowest BCUT2D eigenvalue weighted by Crippen LogP contribution is -2.52. The molecule has 3 saturated heterocycles. The molecule has 238 valence electrons. The summed E-state index contributed by atoms with van der Waals surface area (Å²) in [6, 6.07) is 24.0. The van der Waals surface area contributed by atoms with E-state index >= 15 is 0 Å². The molecule has 0 saturated carbocycles. The molecule has 0 spiro atoms. The van der Waals surface area contributed by atoms with E-state index in [2.05, 4.69) is 33.8 Å². The fraction of sp³-hybridized carbons (Fsp3) is 0.405. The molecule has 0 unspecified atom stereocenters. The molecular formula is C37H45N3O5. The Morgan fingerprint density at radius 3 is 2.40 bits per heavy atom. The predicted octanol–water partition coefficient (Wildman–Crippen LogP) is 7.55. The lowest BCUT2D eigenvalue weighted by atomic mass is 9.86.